The molecule has 0 bridgehead atoms. The van der Waals surface area contributed by atoms with E-state index < -0.39 is 5.69 Å². The third-order valence-electron chi connectivity index (χ3n) is 12.6. The van der Waals surface area contributed by atoms with Gasteiger partial charge in [0.25, 0.3) is 0 Å². The first-order valence-corrected chi connectivity index (χ1v) is 24.3. The normalized spacial score (nSPS) is 14.5. The highest BCUT2D eigenvalue weighted by molar-refractivity contribution is 6.36. The number of amides is 2. The number of hydrogen-bond donors (Lipinski definition) is 5. The number of hydrogen-bond acceptors (Lipinski definition) is 15. The SMILES string of the molecule is C=CC(=O)N1CCN(c2nc(NCCC(=O)NCCOCCOCCOc3ccc(-n4c(-c5cc(C(C)C)c(O)cc5O)n[nH]c4=O)cc3)nc3c2CCN(c2cccc4cccc(Cl)c24)C3)CC1CC#N. The van der Waals surface area contributed by atoms with Gasteiger partial charge in [-0.05, 0) is 71.8 Å². The third-order valence-corrected chi connectivity index (χ3v) is 12.9. The molecule has 376 valence electrons. The van der Waals surface area contributed by atoms with E-state index in [0.29, 0.717) is 106 Å². The van der Waals surface area contributed by atoms with Gasteiger partial charge in [0.05, 0.1) is 73.5 Å². The number of aromatic hydroxyl groups is 2. The Bertz CT molecular complexity index is 3000. The van der Waals surface area contributed by atoms with Crippen molar-refractivity contribution < 1.29 is 34.0 Å². The van der Waals surface area contributed by atoms with Crippen LogP contribution < -0.4 is 30.9 Å². The van der Waals surface area contributed by atoms with Gasteiger partial charge in [0.1, 0.15) is 29.7 Å². The molecule has 0 saturated carbocycles. The van der Waals surface area contributed by atoms with Crippen LogP contribution in [0.3, 0.4) is 0 Å². The van der Waals surface area contributed by atoms with Crippen molar-refractivity contribution in [2.45, 2.75) is 51.6 Å². The molecule has 2 aliphatic rings. The van der Waals surface area contributed by atoms with E-state index in [9.17, 15) is 29.9 Å². The molecule has 4 aromatic carbocycles. The van der Waals surface area contributed by atoms with E-state index >= 15 is 0 Å². The summed E-state index contributed by atoms with van der Waals surface area (Å²) in [6, 6.07) is 23.7. The van der Waals surface area contributed by atoms with Gasteiger partial charge in [0.2, 0.25) is 17.8 Å². The number of piperazine rings is 1. The Morgan fingerprint density at radius 2 is 1.72 bits per heavy atom. The number of anilines is 3. The number of carbonyl (C=O) groups is 2. The molecule has 0 radical (unpaired) electrons. The maximum atomic E-state index is 12.9. The van der Waals surface area contributed by atoms with E-state index in [1.54, 1.807) is 35.2 Å². The van der Waals surface area contributed by atoms with Crippen LogP contribution >= 0.6 is 11.6 Å². The maximum absolute atomic E-state index is 12.9. The highest BCUT2D eigenvalue weighted by Gasteiger charge is 2.33. The smallest absolute Gasteiger partial charge is 0.348 e. The second-order valence-corrected chi connectivity index (χ2v) is 18.1. The van der Waals surface area contributed by atoms with E-state index in [4.69, 9.17) is 35.8 Å². The van der Waals surface area contributed by atoms with Crippen LogP contribution in [0.2, 0.25) is 5.02 Å². The lowest BCUT2D eigenvalue weighted by molar-refractivity contribution is -0.128. The molecule has 1 saturated heterocycles. The monoisotopic (exact) mass is 999 g/mol. The Labute approximate surface area is 421 Å². The van der Waals surface area contributed by atoms with Crippen LogP contribution in [0.5, 0.6) is 17.2 Å². The fourth-order valence-electron chi connectivity index (χ4n) is 9.06. The number of fused-ring (bicyclic) bond motifs is 2. The molecule has 8 rings (SSSR count). The summed E-state index contributed by atoms with van der Waals surface area (Å²) >= 11 is 6.74. The molecule has 0 spiro atoms. The molecule has 4 heterocycles. The number of ether oxygens (including phenoxy) is 3. The van der Waals surface area contributed by atoms with E-state index in [0.717, 1.165) is 33.5 Å². The fourth-order valence-corrected chi connectivity index (χ4v) is 9.33. The zero-order chi connectivity index (χ0) is 50.7. The number of halogens is 1. The van der Waals surface area contributed by atoms with E-state index in [1.807, 2.05) is 44.2 Å². The van der Waals surface area contributed by atoms with E-state index in [-0.39, 0.29) is 67.1 Å². The summed E-state index contributed by atoms with van der Waals surface area (Å²) < 4.78 is 18.5. The zero-order valence-corrected chi connectivity index (χ0v) is 41.0. The number of phenols is 2. The summed E-state index contributed by atoms with van der Waals surface area (Å²) in [4.78, 5) is 54.4. The van der Waals surface area contributed by atoms with Crippen LogP contribution in [-0.4, -0.2) is 130 Å². The second-order valence-electron chi connectivity index (χ2n) is 17.6. The van der Waals surface area contributed by atoms with Crippen molar-refractivity contribution in [3.63, 3.8) is 0 Å². The van der Waals surface area contributed by atoms with Crippen molar-refractivity contribution in [1.29, 1.82) is 5.26 Å². The highest BCUT2D eigenvalue weighted by Crippen LogP contribution is 2.39. The average Bonchev–Trinajstić information content (AvgIpc) is 3.76. The molecule has 2 aliphatic heterocycles. The number of aromatic nitrogens is 5. The lowest BCUT2D eigenvalue weighted by Crippen LogP contribution is -2.55. The van der Waals surface area contributed by atoms with Crippen molar-refractivity contribution >= 4 is 51.6 Å². The largest absolute Gasteiger partial charge is 0.508 e. The second kappa shape index (κ2) is 23.5. The van der Waals surface area contributed by atoms with Gasteiger partial charge >= 0.3 is 5.69 Å². The number of carbonyl (C=O) groups excluding carboxylic acids is 2. The zero-order valence-electron chi connectivity index (χ0n) is 40.3. The van der Waals surface area contributed by atoms with Gasteiger partial charge in [-0.15, -0.1) is 0 Å². The number of rotatable bonds is 21. The summed E-state index contributed by atoms with van der Waals surface area (Å²) in [5.41, 5.74) is 3.80. The quantitative estimate of drug-likeness (QED) is 0.0407. The summed E-state index contributed by atoms with van der Waals surface area (Å²) in [7, 11) is 0. The van der Waals surface area contributed by atoms with E-state index in [2.05, 4.69) is 49.3 Å². The van der Waals surface area contributed by atoms with Crippen molar-refractivity contribution in [3.05, 3.63) is 118 Å². The van der Waals surface area contributed by atoms with Gasteiger partial charge in [0.15, 0.2) is 5.82 Å². The Kier molecular flexibility index (Phi) is 16.6. The molecule has 6 aromatic rings. The predicted octanol–water partition coefficient (Wildman–Crippen LogP) is 6.07. The van der Waals surface area contributed by atoms with Gasteiger partial charge in [-0.25, -0.2) is 19.4 Å². The lowest BCUT2D eigenvalue weighted by Gasteiger charge is -2.42. The average molecular weight is 1000 g/mol. The minimum Gasteiger partial charge on any atom is -0.508 e. The summed E-state index contributed by atoms with van der Waals surface area (Å²) in [6.07, 6.45) is 2.30. The summed E-state index contributed by atoms with van der Waals surface area (Å²) in [5, 5.41) is 46.0. The van der Waals surface area contributed by atoms with Crippen molar-refractivity contribution in [2.75, 3.05) is 87.4 Å². The fraction of sp³-hybridized carbons (Fsp3) is 0.365. The van der Waals surface area contributed by atoms with Crippen LogP contribution in [0.25, 0.3) is 27.8 Å². The number of nitrogens with one attached hydrogen (secondary N) is 3. The molecule has 72 heavy (non-hydrogen) atoms. The molecule has 0 aliphatic carbocycles. The topological polar surface area (TPSA) is 236 Å². The van der Waals surface area contributed by atoms with Gasteiger partial charge < -0.3 is 49.8 Å². The minimum absolute atomic E-state index is 0.0265. The maximum Gasteiger partial charge on any atom is 0.348 e. The van der Waals surface area contributed by atoms with Crippen LogP contribution in [0.4, 0.5) is 17.5 Å². The number of aromatic amines is 1. The number of benzene rings is 4. The molecule has 1 atom stereocenters. The first-order chi connectivity index (χ1) is 34.9. The molecule has 5 N–H and O–H groups in total. The van der Waals surface area contributed by atoms with Crippen LogP contribution in [0.1, 0.15) is 49.4 Å². The van der Waals surface area contributed by atoms with Crippen LogP contribution in [-0.2, 0) is 32.0 Å². The number of phenolic OH excluding ortho intramolecular Hbond substituents is 2. The Hall–Kier alpha value is -7.66. The van der Waals surface area contributed by atoms with Gasteiger partial charge in [-0.1, -0.05) is 56.3 Å². The first kappa shape index (κ1) is 50.7. The highest BCUT2D eigenvalue weighted by atomic mass is 35.5. The minimum atomic E-state index is -0.492. The first-order valence-electron chi connectivity index (χ1n) is 23.9. The molecule has 19 nitrogen and oxygen atoms in total. The molecular weight excluding hydrogens is 942 g/mol. The number of nitrogens with zero attached hydrogens (tertiary/aromatic N) is 8. The lowest BCUT2D eigenvalue weighted by atomic mass is 9.98. The Morgan fingerprint density at radius 1 is 0.958 bits per heavy atom. The van der Waals surface area contributed by atoms with Crippen molar-refractivity contribution in [3.8, 4) is 40.4 Å². The van der Waals surface area contributed by atoms with Crippen molar-refractivity contribution in [2.24, 2.45) is 0 Å². The number of nitriles is 1. The standard InChI is InChI=1S/C52H58ClN11O8/c1-4-47(68)63-23-22-62(31-36(63)15-18-54)49-38-17-21-61(43-10-6-8-34-7-5-9-41(53)48(34)43)32-42(38)57-51(58-49)56-19-16-46(67)55-20-24-70-25-26-71-27-28-72-37-13-11-35(12-14-37)64-50(59-60-52(64)69)40-29-39(33(2)3)44(65)30-45(40)66/h4-14,29-30,33,36,65-66H,1,15-17,19-28,31-32H2,2-3H3,(H,55,67)(H,60,69)(H,56,57,58). The molecular formula is C52H58ClN11O8. The van der Waals surface area contributed by atoms with Crippen LogP contribution in [0, 0.1) is 11.3 Å². The van der Waals surface area contributed by atoms with Crippen molar-refractivity contribution in [1.82, 2.24) is 34.9 Å². The molecule has 20 heteroatoms. The Morgan fingerprint density at radius 3 is 2.49 bits per heavy atom. The molecule has 1 unspecified atom stereocenters. The van der Waals surface area contributed by atoms with Gasteiger partial charge in [-0.2, -0.15) is 15.3 Å². The van der Waals surface area contributed by atoms with Crippen LogP contribution in [0.15, 0.2) is 90.2 Å². The van der Waals surface area contributed by atoms with E-state index in [1.165, 1.54) is 16.7 Å². The number of H-pyrrole nitrogens is 1. The summed E-state index contributed by atoms with van der Waals surface area (Å²) in [5.74, 6) is 1.26. The molecule has 2 aromatic heterocycles. The predicted molar refractivity (Wildman–Crippen MR) is 274 cm³/mol. The summed E-state index contributed by atoms with van der Waals surface area (Å²) in [6.45, 7) is 12.2. The Balaban J connectivity index is 0.778. The van der Waals surface area contributed by atoms with Gasteiger partial charge in [-0.3, -0.25) is 9.59 Å². The van der Waals surface area contributed by atoms with Gasteiger partial charge in [0, 0.05) is 68.4 Å². The molecule has 2 amide bonds. The molecule has 1 fully saturated rings. The third kappa shape index (κ3) is 11.7.